The maximum Gasteiger partial charge on any atom is 0.247 e. The third kappa shape index (κ3) is 2.00. The molecule has 0 spiro atoms. The second-order valence-corrected chi connectivity index (χ2v) is 5.11. The maximum absolute atomic E-state index is 12.1. The topological polar surface area (TPSA) is 46.3 Å². The van der Waals surface area contributed by atoms with Gasteiger partial charge in [-0.1, -0.05) is 49.4 Å². The van der Waals surface area contributed by atoms with Crippen LogP contribution in [0.15, 0.2) is 54.6 Å². The molecule has 2 aromatic carbocycles. The third-order valence-electron chi connectivity index (χ3n) is 3.90. The molecule has 0 unspecified atom stereocenters. The number of anilines is 1. The van der Waals surface area contributed by atoms with Crippen LogP contribution >= 0.6 is 0 Å². The first-order chi connectivity index (χ1) is 9.72. The van der Waals surface area contributed by atoms with Crippen LogP contribution in [0.25, 0.3) is 0 Å². The van der Waals surface area contributed by atoms with Crippen molar-refractivity contribution in [1.82, 2.24) is 0 Å². The summed E-state index contributed by atoms with van der Waals surface area (Å²) in [5.74, 6) is -0.0110. The molecule has 0 aliphatic carbocycles. The number of hydrogen-bond donors (Lipinski definition) is 1. The minimum atomic E-state index is -0.441. The van der Waals surface area contributed by atoms with Gasteiger partial charge in [-0.15, -0.1) is 0 Å². The highest BCUT2D eigenvalue weighted by Gasteiger charge is 2.46. The van der Waals surface area contributed by atoms with E-state index < -0.39 is 6.04 Å². The number of hydrogen-bond acceptors (Lipinski definition) is 2. The van der Waals surface area contributed by atoms with Gasteiger partial charge in [-0.25, -0.2) is 0 Å². The Morgan fingerprint density at radius 3 is 2.30 bits per heavy atom. The van der Waals surface area contributed by atoms with E-state index in [2.05, 4.69) is 19.1 Å². The summed E-state index contributed by atoms with van der Waals surface area (Å²) in [5.41, 5.74) is 9.26. The highest BCUT2D eigenvalue weighted by Crippen LogP contribution is 2.37. The van der Waals surface area contributed by atoms with E-state index in [1.165, 1.54) is 5.56 Å². The number of amides is 1. The van der Waals surface area contributed by atoms with Gasteiger partial charge in [-0.2, -0.15) is 0 Å². The molecule has 2 aromatic rings. The minimum Gasteiger partial charge on any atom is -0.318 e. The first kappa shape index (κ1) is 12.9. The lowest BCUT2D eigenvalue weighted by Crippen LogP contribution is -2.63. The van der Waals surface area contributed by atoms with Gasteiger partial charge >= 0.3 is 0 Å². The van der Waals surface area contributed by atoms with Crippen molar-refractivity contribution in [3.63, 3.8) is 0 Å². The van der Waals surface area contributed by atoms with Crippen molar-refractivity contribution in [2.45, 2.75) is 25.4 Å². The zero-order valence-corrected chi connectivity index (χ0v) is 11.5. The average molecular weight is 266 g/mol. The van der Waals surface area contributed by atoms with Crippen LogP contribution in [0.4, 0.5) is 5.69 Å². The molecule has 1 saturated heterocycles. The molecule has 102 valence electrons. The predicted octanol–water partition coefficient (Wildman–Crippen LogP) is 2.66. The van der Waals surface area contributed by atoms with Gasteiger partial charge in [0.1, 0.15) is 6.04 Å². The lowest BCUT2D eigenvalue weighted by atomic mass is 9.88. The molecule has 2 atom stereocenters. The number of benzene rings is 2. The van der Waals surface area contributed by atoms with Gasteiger partial charge < -0.3 is 10.6 Å². The van der Waals surface area contributed by atoms with E-state index in [4.69, 9.17) is 5.73 Å². The van der Waals surface area contributed by atoms with Crippen molar-refractivity contribution < 1.29 is 4.79 Å². The number of nitrogens with zero attached hydrogens (tertiary/aromatic N) is 1. The van der Waals surface area contributed by atoms with Crippen molar-refractivity contribution in [2.24, 2.45) is 5.73 Å². The number of carbonyl (C=O) groups excluding carboxylic acids is 1. The van der Waals surface area contributed by atoms with Crippen LogP contribution in [-0.4, -0.2) is 11.9 Å². The SMILES string of the molecule is CCc1ccc(N2C(=O)[C@@H](N)[C@H]2c2ccccc2)cc1. The third-order valence-corrected chi connectivity index (χ3v) is 3.90. The second-order valence-electron chi connectivity index (χ2n) is 5.11. The fourth-order valence-corrected chi connectivity index (χ4v) is 2.70. The summed E-state index contributed by atoms with van der Waals surface area (Å²) < 4.78 is 0. The lowest BCUT2D eigenvalue weighted by molar-refractivity contribution is -0.126. The number of carbonyl (C=O) groups is 1. The molecule has 20 heavy (non-hydrogen) atoms. The number of β-lactam (4-membered cyclic amide) rings is 1. The molecule has 3 nitrogen and oxygen atoms in total. The molecule has 3 heteroatoms. The van der Waals surface area contributed by atoms with Crippen LogP contribution in [0.2, 0.25) is 0 Å². The van der Waals surface area contributed by atoms with Crippen LogP contribution in [0.1, 0.15) is 24.1 Å². The Morgan fingerprint density at radius 2 is 1.70 bits per heavy atom. The normalized spacial score (nSPS) is 21.7. The average Bonchev–Trinajstić information content (AvgIpc) is 2.52. The Morgan fingerprint density at radius 1 is 1.05 bits per heavy atom. The first-order valence-electron chi connectivity index (χ1n) is 6.95. The van der Waals surface area contributed by atoms with E-state index >= 15 is 0 Å². The zero-order valence-electron chi connectivity index (χ0n) is 11.5. The fourth-order valence-electron chi connectivity index (χ4n) is 2.70. The number of nitrogens with two attached hydrogens (primary N) is 1. The molecular weight excluding hydrogens is 248 g/mol. The maximum atomic E-state index is 12.1. The van der Waals surface area contributed by atoms with E-state index in [-0.39, 0.29) is 11.9 Å². The van der Waals surface area contributed by atoms with Gasteiger partial charge in [0.15, 0.2) is 0 Å². The molecule has 0 radical (unpaired) electrons. The van der Waals surface area contributed by atoms with Crippen LogP contribution in [0.5, 0.6) is 0 Å². The van der Waals surface area contributed by atoms with Crippen molar-refractivity contribution in [3.05, 3.63) is 65.7 Å². The molecule has 0 saturated carbocycles. The van der Waals surface area contributed by atoms with Gasteiger partial charge in [0, 0.05) is 5.69 Å². The summed E-state index contributed by atoms with van der Waals surface area (Å²) in [6, 6.07) is 17.6. The van der Waals surface area contributed by atoms with E-state index in [0.29, 0.717) is 0 Å². The van der Waals surface area contributed by atoms with Crippen molar-refractivity contribution >= 4 is 11.6 Å². The zero-order chi connectivity index (χ0) is 14.1. The van der Waals surface area contributed by atoms with E-state index in [1.54, 1.807) is 4.90 Å². The summed E-state index contributed by atoms with van der Waals surface area (Å²) >= 11 is 0. The lowest BCUT2D eigenvalue weighted by Gasteiger charge is -2.45. The van der Waals surface area contributed by atoms with Crippen LogP contribution in [-0.2, 0) is 11.2 Å². The van der Waals surface area contributed by atoms with Crippen molar-refractivity contribution in [1.29, 1.82) is 0 Å². The molecule has 1 heterocycles. The Hall–Kier alpha value is -2.13. The molecule has 1 aliphatic rings. The summed E-state index contributed by atoms with van der Waals surface area (Å²) in [6.45, 7) is 2.12. The molecule has 0 aromatic heterocycles. The van der Waals surface area contributed by atoms with Gasteiger partial charge in [0.25, 0.3) is 0 Å². The number of aryl methyl sites for hydroxylation is 1. The largest absolute Gasteiger partial charge is 0.318 e. The molecular formula is C17H18N2O. The van der Waals surface area contributed by atoms with Crippen molar-refractivity contribution in [2.75, 3.05) is 4.90 Å². The second kappa shape index (κ2) is 5.10. The molecule has 1 aliphatic heterocycles. The summed E-state index contributed by atoms with van der Waals surface area (Å²) in [6.07, 6.45) is 0.996. The van der Waals surface area contributed by atoms with Crippen LogP contribution in [0, 0.1) is 0 Å². The van der Waals surface area contributed by atoms with Gasteiger partial charge in [-0.3, -0.25) is 4.79 Å². The molecule has 2 N–H and O–H groups in total. The van der Waals surface area contributed by atoms with E-state index in [0.717, 1.165) is 17.7 Å². The summed E-state index contributed by atoms with van der Waals surface area (Å²) in [4.78, 5) is 13.9. The summed E-state index contributed by atoms with van der Waals surface area (Å²) in [7, 11) is 0. The Bertz CT molecular complexity index is 607. The van der Waals surface area contributed by atoms with Gasteiger partial charge in [-0.05, 0) is 29.7 Å². The van der Waals surface area contributed by atoms with Crippen LogP contribution in [0.3, 0.4) is 0 Å². The molecule has 3 rings (SSSR count). The molecule has 1 amide bonds. The summed E-state index contributed by atoms with van der Waals surface area (Å²) in [5, 5.41) is 0. The smallest absolute Gasteiger partial charge is 0.247 e. The molecule has 0 bridgehead atoms. The number of rotatable bonds is 3. The Kier molecular flexibility index (Phi) is 3.28. The molecule has 1 fully saturated rings. The van der Waals surface area contributed by atoms with E-state index in [9.17, 15) is 4.79 Å². The minimum absolute atomic E-state index is 0.0110. The standard InChI is InChI=1S/C17H18N2O/c1-2-12-8-10-14(11-9-12)19-16(15(18)17(19)20)13-6-4-3-5-7-13/h3-11,15-16H,2,18H2,1H3/t15-,16+/m0/s1. The Balaban J connectivity index is 1.92. The van der Waals surface area contributed by atoms with Crippen molar-refractivity contribution in [3.8, 4) is 0 Å². The monoisotopic (exact) mass is 266 g/mol. The Labute approximate surface area is 119 Å². The highest BCUT2D eigenvalue weighted by molar-refractivity contribution is 6.05. The van der Waals surface area contributed by atoms with Crippen LogP contribution < -0.4 is 10.6 Å². The predicted molar refractivity (Wildman–Crippen MR) is 80.5 cm³/mol. The quantitative estimate of drug-likeness (QED) is 0.868. The van der Waals surface area contributed by atoms with Gasteiger partial charge in [0.05, 0.1) is 6.04 Å². The van der Waals surface area contributed by atoms with Gasteiger partial charge in [0.2, 0.25) is 5.91 Å². The van der Waals surface area contributed by atoms with E-state index in [1.807, 2.05) is 42.5 Å². The fraction of sp³-hybridized carbons (Fsp3) is 0.235. The highest BCUT2D eigenvalue weighted by atomic mass is 16.2. The first-order valence-corrected chi connectivity index (χ1v) is 6.95.